The number of hydrogen-bond donors (Lipinski definition) is 1. The average Bonchev–Trinajstić information content (AvgIpc) is 2.53. The van der Waals surface area contributed by atoms with Gasteiger partial charge in [0.25, 0.3) is 0 Å². The normalized spacial score (nSPS) is 11.8. The maximum absolute atomic E-state index is 8.96. The molecule has 0 bridgehead atoms. The van der Waals surface area contributed by atoms with Crippen LogP contribution >= 0.6 is 0 Å². The van der Waals surface area contributed by atoms with E-state index in [-0.39, 0.29) is 0 Å². The lowest BCUT2D eigenvalue weighted by molar-refractivity contribution is 0.537. The molecule has 0 aromatic heterocycles. The van der Waals surface area contributed by atoms with Crippen molar-refractivity contribution in [2.24, 2.45) is 0 Å². The summed E-state index contributed by atoms with van der Waals surface area (Å²) in [5, 5.41) is 12.4. The second-order valence-corrected chi connectivity index (χ2v) is 4.83. The maximum atomic E-state index is 8.96. The molecular weight excluding hydrogens is 244 g/mol. The predicted molar refractivity (Wildman–Crippen MR) is 83.3 cm³/mol. The van der Waals surface area contributed by atoms with Gasteiger partial charge in [0.1, 0.15) is 0 Å². The molecule has 102 valence electrons. The van der Waals surface area contributed by atoms with Gasteiger partial charge < -0.3 is 5.32 Å². The Morgan fingerprint density at radius 3 is 2.40 bits per heavy atom. The maximum Gasteiger partial charge on any atom is 0.0991 e. The lowest BCUT2D eigenvalue weighted by Gasteiger charge is -2.16. The summed E-state index contributed by atoms with van der Waals surface area (Å²) in [6, 6.07) is 18.9. The largest absolute Gasteiger partial charge is 0.310 e. The number of nitrogens with one attached hydrogen (secondary N) is 1. The van der Waals surface area contributed by atoms with Crippen LogP contribution in [0.3, 0.4) is 0 Å². The Kier molecular flexibility index (Phi) is 4.92. The Balaban J connectivity index is 2.25. The summed E-state index contributed by atoms with van der Waals surface area (Å²) in [4.78, 5) is 0. The van der Waals surface area contributed by atoms with Crippen molar-refractivity contribution in [1.82, 2.24) is 5.32 Å². The van der Waals surface area contributed by atoms with E-state index in [1.165, 1.54) is 5.56 Å². The van der Waals surface area contributed by atoms with Crippen LogP contribution in [-0.2, 0) is 0 Å². The summed E-state index contributed by atoms with van der Waals surface area (Å²) in [7, 11) is 0. The fourth-order valence-electron chi connectivity index (χ4n) is 2.42. The van der Waals surface area contributed by atoms with Crippen LogP contribution in [0.1, 0.15) is 37.4 Å². The Labute approximate surface area is 121 Å². The van der Waals surface area contributed by atoms with Gasteiger partial charge in [-0.1, -0.05) is 50.2 Å². The molecule has 0 heterocycles. The fraction of sp³-hybridized carbons (Fsp3) is 0.278. The van der Waals surface area contributed by atoms with Crippen LogP contribution in [0.4, 0.5) is 0 Å². The van der Waals surface area contributed by atoms with E-state index in [9.17, 15) is 0 Å². The lowest BCUT2D eigenvalue weighted by atomic mass is 9.98. The van der Waals surface area contributed by atoms with E-state index in [0.717, 1.165) is 24.1 Å². The minimum absolute atomic E-state index is 0.416. The fourth-order valence-corrected chi connectivity index (χ4v) is 2.42. The second-order valence-electron chi connectivity index (χ2n) is 4.83. The molecule has 2 nitrogen and oxygen atoms in total. The Bertz CT molecular complexity index is 594. The molecule has 0 aliphatic rings. The van der Waals surface area contributed by atoms with Crippen LogP contribution in [-0.4, -0.2) is 6.54 Å². The Morgan fingerprint density at radius 2 is 1.80 bits per heavy atom. The highest BCUT2D eigenvalue weighted by Crippen LogP contribution is 2.24. The first-order chi connectivity index (χ1) is 9.78. The van der Waals surface area contributed by atoms with Gasteiger partial charge in [0.05, 0.1) is 11.6 Å². The zero-order valence-electron chi connectivity index (χ0n) is 12.1. The van der Waals surface area contributed by atoms with Crippen molar-refractivity contribution in [2.75, 3.05) is 6.54 Å². The third-order valence-electron chi connectivity index (χ3n) is 3.50. The topological polar surface area (TPSA) is 35.8 Å². The average molecular weight is 264 g/mol. The van der Waals surface area contributed by atoms with E-state index in [4.69, 9.17) is 5.26 Å². The van der Waals surface area contributed by atoms with Crippen molar-refractivity contribution in [3.63, 3.8) is 0 Å². The van der Waals surface area contributed by atoms with E-state index in [1.807, 2.05) is 24.3 Å². The molecule has 0 spiro atoms. The van der Waals surface area contributed by atoms with Gasteiger partial charge in [-0.25, -0.2) is 0 Å². The van der Waals surface area contributed by atoms with Gasteiger partial charge in [-0.15, -0.1) is 0 Å². The number of nitriles is 1. The quantitative estimate of drug-likeness (QED) is 0.874. The molecule has 2 aromatic carbocycles. The first-order valence-electron chi connectivity index (χ1n) is 7.12. The van der Waals surface area contributed by atoms with Gasteiger partial charge in [-0.2, -0.15) is 5.26 Å². The Hall–Kier alpha value is -2.11. The Morgan fingerprint density at radius 1 is 1.05 bits per heavy atom. The van der Waals surface area contributed by atoms with E-state index in [2.05, 4.69) is 49.5 Å². The zero-order valence-corrected chi connectivity index (χ0v) is 12.1. The number of rotatable bonds is 5. The molecule has 2 aromatic rings. The highest BCUT2D eigenvalue weighted by molar-refractivity contribution is 5.65. The van der Waals surface area contributed by atoms with Crippen LogP contribution in [0.15, 0.2) is 48.5 Å². The molecule has 0 saturated carbocycles. The minimum atomic E-state index is 0.416. The number of hydrogen-bond acceptors (Lipinski definition) is 2. The van der Waals surface area contributed by atoms with Crippen molar-refractivity contribution in [2.45, 2.75) is 26.3 Å². The monoisotopic (exact) mass is 264 g/mol. The molecule has 0 aliphatic carbocycles. The van der Waals surface area contributed by atoms with Crippen LogP contribution in [0.5, 0.6) is 0 Å². The van der Waals surface area contributed by atoms with Crippen molar-refractivity contribution >= 4 is 0 Å². The molecule has 0 fully saturated rings. The summed E-state index contributed by atoms with van der Waals surface area (Å²) in [6.45, 7) is 5.30. The predicted octanol–water partition coefficient (Wildman–Crippen LogP) is 4.29. The molecule has 0 amide bonds. The van der Waals surface area contributed by atoms with Gasteiger partial charge >= 0.3 is 0 Å². The van der Waals surface area contributed by atoms with Crippen molar-refractivity contribution in [3.8, 4) is 17.2 Å². The molecule has 20 heavy (non-hydrogen) atoms. The molecule has 2 heteroatoms. The molecule has 2 rings (SSSR count). The van der Waals surface area contributed by atoms with Crippen LogP contribution < -0.4 is 5.32 Å². The van der Waals surface area contributed by atoms with Gasteiger partial charge in [-0.3, -0.25) is 0 Å². The standard InChI is InChI=1S/C18H20N2/c1-3-18(20-4-2)16-10-8-15(9-11-16)17-7-5-6-14(12-17)13-19/h5-12,18,20H,3-4H2,1-2H3. The number of nitrogens with zero attached hydrogens (tertiary/aromatic N) is 1. The first-order valence-corrected chi connectivity index (χ1v) is 7.12. The summed E-state index contributed by atoms with van der Waals surface area (Å²) < 4.78 is 0. The number of benzene rings is 2. The van der Waals surface area contributed by atoms with E-state index in [0.29, 0.717) is 11.6 Å². The summed E-state index contributed by atoms with van der Waals surface area (Å²) in [6.07, 6.45) is 1.08. The second kappa shape index (κ2) is 6.88. The molecule has 1 unspecified atom stereocenters. The molecule has 0 saturated heterocycles. The molecule has 1 atom stereocenters. The van der Waals surface area contributed by atoms with Gasteiger partial charge in [0, 0.05) is 6.04 Å². The van der Waals surface area contributed by atoms with E-state index < -0.39 is 0 Å². The van der Waals surface area contributed by atoms with Crippen molar-refractivity contribution < 1.29 is 0 Å². The zero-order chi connectivity index (χ0) is 14.4. The smallest absolute Gasteiger partial charge is 0.0991 e. The van der Waals surface area contributed by atoms with Gasteiger partial charge in [0.2, 0.25) is 0 Å². The van der Waals surface area contributed by atoms with E-state index in [1.54, 1.807) is 0 Å². The van der Waals surface area contributed by atoms with Gasteiger partial charge in [0.15, 0.2) is 0 Å². The highest BCUT2D eigenvalue weighted by atomic mass is 14.9. The first kappa shape index (κ1) is 14.3. The molecule has 0 aliphatic heterocycles. The third-order valence-corrected chi connectivity index (χ3v) is 3.50. The molecule has 1 N–H and O–H groups in total. The van der Waals surface area contributed by atoms with Crippen molar-refractivity contribution in [3.05, 3.63) is 59.7 Å². The SMILES string of the molecule is CCNC(CC)c1ccc(-c2cccc(C#N)c2)cc1. The minimum Gasteiger partial charge on any atom is -0.310 e. The molecular formula is C18H20N2. The van der Waals surface area contributed by atoms with Gasteiger partial charge in [-0.05, 0) is 41.8 Å². The van der Waals surface area contributed by atoms with Crippen LogP contribution in [0.25, 0.3) is 11.1 Å². The van der Waals surface area contributed by atoms with Crippen molar-refractivity contribution in [1.29, 1.82) is 5.26 Å². The summed E-state index contributed by atoms with van der Waals surface area (Å²) >= 11 is 0. The van der Waals surface area contributed by atoms with Crippen LogP contribution in [0, 0.1) is 11.3 Å². The third kappa shape index (κ3) is 3.26. The summed E-state index contributed by atoms with van der Waals surface area (Å²) in [5.41, 5.74) is 4.25. The van der Waals surface area contributed by atoms with E-state index >= 15 is 0 Å². The molecule has 0 radical (unpaired) electrons. The lowest BCUT2D eigenvalue weighted by Crippen LogP contribution is -2.19. The highest BCUT2D eigenvalue weighted by Gasteiger charge is 2.07. The summed E-state index contributed by atoms with van der Waals surface area (Å²) in [5.74, 6) is 0. The van der Waals surface area contributed by atoms with Crippen LogP contribution in [0.2, 0.25) is 0 Å².